The number of rotatable bonds is 64. The molecule has 0 aromatic heterocycles. The van der Waals surface area contributed by atoms with Gasteiger partial charge in [-0.05, 0) is 77.0 Å². The van der Waals surface area contributed by atoms with Crippen molar-refractivity contribution in [1.29, 1.82) is 0 Å². The van der Waals surface area contributed by atoms with Crippen molar-refractivity contribution < 1.29 is 28.6 Å². The van der Waals surface area contributed by atoms with Crippen molar-refractivity contribution in [2.45, 2.75) is 361 Å². The van der Waals surface area contributed by atoms with Crippen molar-refractivity contribution in [1.82, 2.24) is 0 Å². The highest BCUT2D eigenvalue weighted by atomic mass is 16.6. The Morgan fingerprint density at radius 1 is 0.259 bits per heavy atom. The summed E-state index contributed by atoms with van der Waals surface area (Å²) in [6, 6.07) is 0. The molecule has 1 unspecified atom stereocenters. The first-order valence-electron chi connectivity index (χ1n) is 35.1. The molecule has 0 aliphatic carbocycles. The quantitative estimate of drug-likeness (QED) is 0.0261. The summed E-state index contributed by atoms with van der Waals surface area (Å²) in [6.07, 6.45) is 91.7. The topological polar surface area (TPSA) is 78.9 Å². The van der Waals surface area contributed by atoms with Crippen molar-refractivity contribution in [3.05, 3.63) is 85.1 Å². The van der Waals surface area contributed by atoms with E-state index in [1.165, 1.54) is 193 Å². The van der Waals surface area contributed by atoms with Crippen molar-refractivity contribution in [2.75, 3.05) is 13.2 Å². The fourth-order valence-electron chi connectivity index (χ4n) is 10.2. The Balaban J connectivity index is 4.37. The molecule has 0 amide bonds. The predicted molar refractivity (Wildman–Crippen MR) is 353 cm³/mol. The summed E-state index contributed by atoms with van der Waals surface area (Å²) in [6.45, 7) is 6.57. The maximum atomic E-state index is 13.0. The molecule has 0 saturated carbocycles. The van der Waals surface area contributed by atoms with E-state index >= 15 is 0 Å². The van der Waals surface area contributed by atoms with Crippen LogP contribution in [0.5, 0.6) is 0 Å². The van der Waals surface area contributed by atoms with Crippen LogP contribution in [0.4, 0.5) is 0 Å². The number of carbonyl (C=O) groups excluding carboxylic acids is 3. The van der Waals surface area contributed by atoms with Crippen LogP contribution in [0.15, 0.2) is 85.1 Å². The van der Waals surface area contributed by atoms with Gasteiger partial charge in [0.2, 0.25) is 0 Å². The summed E-state index contributed by atoms with van der Waals surface area (Å²) in [5, 5.41) is 0. The predicted octanol–water partition coefficient (Wildman–Crippen LogP) is 24.2. The summed E-state index contributed by atoms with van der Waals surface area (Å²) >= 11 is 0. The molecule has 0 bridgehead atoms. The molecule has 468 valence electrons. The lowest BCUT2D eigenvalue weighted by Crippen LogP contribution is -2.30. The van der Waals surface area contributed by atoms with Gasteiger partial charge in [-0.15, -0.1) is 0 Å². The lowest BCUT2D eigenvalue weighted by Gasteiger charge is -2.18. The molecule has 1 atom stereocenters. The van der Waals surface area contributed by atoms with Crippen LogP contribution in [-0.4, -0.2) is 37.2 Å². The molecule has 6 heteroatoms. The third-order valence-corrected chi connectivity index (χ3v) is 15.4. The van der Waals surface area contributed by atoms with Gasteiger partial charge < -0.3 is 14.2 Å². The molecular formula is C75H132O6. The largest absolute Gasteiger partial charge is 0.462 e. The Kier molecular flexibility index (Phi) is 66.2. The van der Waals surface area contributed by atoms with Crippen LogP contribution in [0, 0.1) is 0 Å². The van der Waals surface area contributed by atoms with E-state index in [1.807, 2.05) is 0 Å². The van der Waals surface area contributed by atoms with Gasteiger partial charge in [-0.3, -0.25) is 14.4 Å². The Morgan fingerprint density at radius 3 is 0.753 bits per heavy atom. The highest BCUT2D eigenvalue weighted by Crippen LogP contribution is 2.18. The molecule has 0 N–H and O–H groups in total. The fraction of sp³-hybridized carbons (Fsp3) is 0.773. The van der Waals surface area contributed by atoms with Crippen molar-refractivity contribution in [3.8, 4) is 0 Å². The molecule has 0 heterocycles. The third kappa shape index (κ3) is 67.3. The molecule has 0 saturated heterocycles. The normalized spacial score (nSPS) is 12.6. The molecule has 0 aromatic carbocycles. The highest BCUT2D eigenvalue weighted by Gasteiger charge is 2.19. The smallest absolute Gasteiger partial charge is 0.306 e. The van der Waals surface area contributed by atoms with Gasteiger partial charge in [0.05, 0.1) is 0 Å². The zero-order chi connectivity index (χ0) is 58.5. The van der Waals surface area contributed by atoms with E-state index in [0.29, 0.717) is 19.3 Å². The number of unbranched alkanes of at least 4 members (excludes halogenated alkanes) is 39. The van der Waals surface area contributed by atoms with E-state index < -0.39 is 6.10 Å². The Morgan fingerprint density at radius 2 is 0.481 bits per heavy atom. The molecule has 81 heavy (non-hydrogen) atoms. The van der Waals surface area contributed by atoms with Gasteiger partial charge in [-0.1, -0.05) is 343 Å². The SMILES string of the molecule is CC/C=C\C/C=C\C/C=C\C/C=C\C/C=C\C/C=C\C/C=C\CCCCCCCC(=O)OCC(COC(=O)CCCCCCCCCCCCCCCCCC)OC(=O)CCCCCCCCCCCCCCCCCCCCCC. The molecule has 0 rings (SSSR count). The summed E-state index contributed by atoms with van der Waals surface area (Å²) in [5.74, 6) is -0.875. The average molecular weight is 1130 g/mol. The number of hydrogen-bond donors (Lipinski definition) is 0. The molecule has 0 aromatic rings. The molecule has 6 nitrogen and oxygen atoms in total. The summed E-state index contributed by atoms with van der Waals surface area (Å²) < 4.78 is 17.0. The molecule has 0 radical (unpaired) electrons. The summed E-state index contributed by atoms with van der Waals surface area (Å²) in [5.41, 5.74) is 0. The van der Waals surface area contributed by atoms with Gasteiger partial charge >= 0.3 is 17.9 Å². The second kappa shape index (κ2) is 69.1. The Hall–Kier alpha value is -3.41. The van der Waals surface area contributed by atoms with Crippen molar-refractivity contribution in [3.63, 3.8) is 0 Å². The van der Waals surface area contributed by atoms with Crippen LogP contribution in [0.2, 0.25) is 0 Å². The van der Waals surface area contributed by atoms with Crippen molar-refractivity contribution >= 4 is 17.9 Å². The minimum Gasteiger partial charge on any atom is -0.462 e. The van der Waals surface area contributed by atoms with Crippen LogP contribution in [0.25, 0.3) is 0 Å². The van der Waals surface area contributed by atoms with Gasteiger partial charge in [0.25, 0.3) is 0 Å². The van der Waals surface area contributed by atoms with Crippen LogP contribution < -0.4 is 0 Å². The van der Waals surface area contributed by atoms with Gasteiger partial charge in [0, 0.05) is 19.3 Å². The van der Waals surface area contributed by atoms with E-state index in [-0.39, 0.29) is 31.1 Å². The minimum atomic E-state index is -0.784. The second-order valence-corrected chi connectivity index (χ2v) is 23.4. The zero-order valence-electron chi connectivity index (χ0n) is 53.8. The maximum absolute atomic E-state index is 13.0. The lowest BCUT2D eigenvalue weighted by molar-refractivity contribution is -0.167. The van der Waals surface area contributed by atoms with E-state index in [0.717, 1.165) is 122 Å². The van der Waals surface area contributed by atoms with Crippen LogP contribution in [-0.2, 0) is 28.6 Å². The number of esters is 3. The first-order chi connectivity index (χ1) is 40.0. The second-order valence-electron chi connectivity index (χ2n) is 23.4. The third-order valence-electron chi connectivity index (χ3n) is 15.4. The van der Waals surface area contributed by atoms with E-state index in [9.17, 15) is 14.4 Å². The van der Waals surface area contributed by atoms with E-state index in [1.54, 1.807) is 0 Å². The minimum absolute atomic E-state index is 0.0776. The Bertz CT molecular complexity index is 1530. The standard InChI is InChI=1S/C75H132O6/c1-4-7-10-13-16-19-22-25-28-31-33-35-36-37-38-39-40-41-43-44-47-50-53-56-59-62-65-68-74(77)80-71-72(70-79-73(76)67-64-61-58-55-52-49-46-30-27-24-21-18-15-12-9-6-3)81-75(78)69-66-63-60-57-54-51-48-45-42-34-32-29-26-23-20-17-14-11-8-5-2/h7,10,16,19,25,28,33,35,37-38,40-41,44,47,72H,4-6,8-9,11-15,17-18,20-24,26-27,29-32,34,36,39,42-43,45-46,48-71H2,1-3H3/b10-7-,19-16-,28-25-,35-33-,38-37-,41-40-,47-44-. The van der Waals surface area contributed by atoms with Gasteiger partial charge in [0.1, 0.15) is 13.2 Å². The monoisotopic (exact) mass is 1130 g/mol. The number of carbonyl (C=O) groups is 3. The molecular weight excluding hydrogens is 997 g/mol. The zero-order valence-corrected chi connectivity index (χ0v) is 53.8. The van der Waals surface area contributed by atoms with Crippen LogP contribution in [0.1, 0.15) is 355 Å². The first kappa shape index (κ1) is 77.6. The van der Waals surface area contributed by atoms with E-state index in [2.05, 4.69) is 106 Å². The Labute approximate surface area is 503 Å². The molecule has 0 aliphatic rings. The maximum Gasteiger partial charge on any atom is 0.306 e. The fourth-order valence-corrected chi connectivity index (χ4v) is 10.2. The molecule has 0 aliphatic heterocycles. The molecule has 0 fully saturated rings. The number of allylic oxidation sites excluding steroid dienone is 14. The van der Waals surface area contributed by atoms with E-state index in [4.69, 9.17) is 14.2 Å². The highest BCUT2D eigenvalue weighted by molar-refractivity contribution is 5.71. The van der Waals surface area contributed by atoms with Gasteiger partial charge in [-0.25, -0.2) is 0 Å². The number of hydrogen-bond acceptors (Lipinski definition) is 6. The van der Waals surface area contributed by atoms with Gasteiger partial charge in [0.15, 0.2) is 6.10 Å². The average Bonchev–Trinajstić information content (AvgIpc) is 3.47. The van der Waals surface area contributed by atoms with Crippen LogP contribution in [0.3, 0.4) is 0 Å². The summed E-state index contributed by atoms with van der Waals surface area (Å²) in [7, 11) is 0. The van der Waals surface area contributed by atoms with Gasteiger partial charge in [-0.2, -0.15) is 0 Å². The van der Waals surface area contributed by atoms with Crippen LogP contribution >= 0.6 is 0 Å². The molecule has 0 spiro atoms. The summed E-state index contributed by atoms with van der Waals surface area (Å²) in [4.78, 5) is 38.5. The van der Waals surface area contributed by atoms with Crippen molar-refractivity contribution in [2.24, 2.45) is 0 Å². The first-order valence-corrected chi connectivity index (χ1v) is 35.1. The lowest BCUT2D eigenvalue weighted by atomic mass is 10.0. The number of ether oxygens (including phenoxy) is 3.